The van der Waals surface area contributed by atoms with E-state index in [9.17, 15) is 30.3 Å². The van der Waals surface area contributed by atoms with E-state index in [1.54, 1.807) is 0 Å². The molecule has 0 saturated heterocycles. The molecule has 36 heavy (non-hydrogen) atoms. The number of hydrogen-bond donors (Lipinski definition) is 5. The first-order valence-corrected chi connectivity index (χ1v) is 14.1. The van der Waals surface area contributed by atoms with Crippen LogP contribution >= 0.6 is 0 Å². The molecular formula is C30H48O6. The number of carboxylic acids is 1. The molecule has 11 atom stereocenters. The van der Waals surface area contributed by atoms with Gasteiger partial charge in [0.25, 0.3) is 0 Å². The third-order valence-corrected chi connectivity index (χ3v) is 13.0. The number of hydrogen-bond acceptors (Lipinski definition) is 5. The summed E-state index contributed by atoms with van der Waals surface area (Å²) in [5.74, 6) is -0.842. The highest BCUT2D eigenvalue weighted by molar-refractivity contribution is 5.76. The van der Waals surface area contributed by atoms with Crippen LogP contribution in [0.5, 0.6) is 0 Å². The number of allylic oxidation sites excluding steroid dienone is 2. The molecule has 0 spiro atoms. The van der Waals surface area contributed by atoms with Crippen LogP contribution in [0.4, 0.5) is 0 Å². The molecule has 4 fully saturated rings. The first-order chi connectivity index (χ1) is 16.5. The molecule has 0 amide bonds. The lowest BCUT2D eigenvalue weighted by Gasteiger charge is -2.72. The lowest BCUT2D eigenvalue weighted by Crippen LogP contribution is -2.71. The minimum absolute atomic E-state index is 0.000534. The third kappa shape index (κ3) is 3.08. The predicted octanol–water partition coefficient (Wildman–Crippen LogP) is 4.15. The normalized spacial score (nSPS) is 55.9. The average molecular weight is 505 g/mol. The van der Waals surface area contributed by atoms with Crippen molar-refractivity contribution < 1.29 is 30.3 Å². The van der Waals surface area contributed by atoms with Gasteiger partial charge in [-0.15, -0.1) is 0 Å². The first kappa shape index (κ1) is 26.6. The second-order valence-corrected chi connectivity index (χ2v) is 15.2. The van der Waals surface area contributed by atoms with Crippen LogP contribution in [0.25, 0.3) is 0 Å². The number of carboxylic acid groups (broad SMARTS) is 1. The Labute approximate surface area is 216 Å². The molecule has 0 radical (unpaired) electrons. The molecule has 0 unspecified atom stereocenters. The van der Waals surface area contributed by atoms with E-state index in [2.05, 4.69) is 40.7 Å². The Kier molecular flexibility index (Phi) is 5.77. The molecule has 0 aromatic carbocycles. The van der Waals surface area contributed by atoms with Crippen molar-refractivity contribution in [3.63, 3.8) is 0 Å². The lowest BCUT2D eigenvalue weighted by atomic mass is 9.33. The number of fused-ring (bicyclic) bond motifs is 7. The molecule has 0 aromatic heterocycles. The minimum Gasteiger partial charge on any atom is -0.481 e. The van der Waals surface area contributed by atoms with Gasteiger partial charge in [0.1, 0.15) is 0 Å². The van der Waals surface area contributed by atoms with Crippen LogP contribution in [0.15, 0.2) is 11.6 Å². The molecule has 0 bridgehead atoms. The molecule has 6 heteroatoms. The highest BCUT2D eigenvalue weighted by Gasteiger charge is 2.72. The third-order valence-electron chi connectivity index (χ3n) is 13.0. The molecule has 0 aromatic rings. The van der Waals surface area contributed by atoms with Crippen molar-refractivity contribution in [3.05, 3.63) is 11.6 Å². The number of aliphatic hydroxyl groups excluding tert-OH is 4. The van der Waals surface area contributed by atoms with Gasteiger partial charge in [0.05, 0.1) is 30.3 Å². The van der Waals surface area contributed by atoms with Crippen molar-refractivity contribution in [1.29, 1.82) is 0 Å². The van der Waals surface area contributed by atoms with E-state index in [1.165, 1.54) is 5.57 Å². The molecule has 0 aliphatic heterocycles. The summed E-state index contributed by atoms with van der Waals surface area (Å²) in [6, 6.07) is 0. The van der Waals surface area contributed by atoms with Crippen LogP contribution in [0.2, 0.25) is 0 Å². The first-order valence-electron chi connectivity index (χ1n) is 14.1. The van der Waals surface area contributed by atoms with Crippen LogP contribution < -0.4 is 0 Å². The summed E-state index contributed by atoms with van der Waals surface area (Å²) in [6.07, 6.45) is 5.27. The zero-order valence-electron chi connectivity index (χ0n) is 23.0. The van der Waals surface area contributed by atoms with Gasteiger partial charge in [0.15, 0.2) is 0 Å². The fraction of sp³-hybridized carbons (Fsp3) is 0.900. The largest absolute Gasteiger partial charge is 0.481 e. The molecular weight excluding hydrogens is 456 g/mol. The van der Waals surface area contributed by atoms with Crippen LogP contribution in [-0.4, -0.2) is 56.4 Å². The van der Waals surface area contributed by atoms with Gasteiger partial charge in [-0.25, -0.2) is 0 Å². The Balaban J connectivity index is 1.64. The van der Waals surface area contributed by atoms with Crippen LogP contribution in [0.1, 0.15) is 92.9 Å². The van der Waals surface area contributed by atoms with Gasteiger partial charge in [-0.3, -0.25) is 4.79 Å². The minimum atomic E-state index is -1.08. The van der Waals surface area contributed by atoms with Crippen LogP contribution in [0, 0.1) is 50.2 Å². The van der Waals surface area contributed by atoms with E-state index in [0.717, 1.165) is 32.1 Å². The van der Waals surface area contributed by atoms with E-state index in [4.69, 9.17) is 0 Å². The molecule has 0 heterocycles. The van der Waals surface area contributed by atoms with Gasteiger partial charge in [0.2, 0.25) is 0 Å². The van der Waals surface area contributed by atoms with Gasteiger partial charge in [-0.1, -0.05) is 53.2 Å². The number of aliphatic carboxylic acids is 1. The molecule has 6 nitrogen and oxygen atoms in total. The van der Waals surface area contributed by atoms with Crippen molar-refractivity contribution in [2.45, 2.75) is 111 Å². The predicted molar refractivity (Wildman–Crippen MR) is 137 cm³/mol. The SMILES string of the molecule is CC1(C)CC[C@]2(C(=O)O)CC[C@]3(C)C(=CC[C@@H]4[C@@]5(C)C[C@@H](O)[C@H](O)[C@@](C)(CO)[C@@H]5[C@H](O)C[C@]43C)[C@@H]2C1. The highest BCUT2D eigenvalue weighted by Crippen LogP contribution is 2.75. The van der Waals surface area contributed by atoms with E-state index in [1.807, 2.05) is 6.92 Å². The summed E-state index contributed by atoms with van der Waals surface area (Å²) >= 11 is 0. The maximum Gasteiger partial charge on any atom is 0.310 e. The Morgan fingerprint density at radius 1 is 0.917 bits per heavy atom. The second-order valence-electron chi connectivity index (χ2n) is 15.2. The van der Waals surface area contributed by atoms with Gasteiger partial charge in [-0.2, -0.15) is 0 Å². The standard InChI is InChI=1S/C30H48O6/c1-25(2)9-11-30(24(35)36)12-10-28(5)17(18(30)13-25)7-8-21-26(3)14-20(33)23(34)27(4,16-31)22(26)19(32)15-29(21,28)6/h7,18-23,31-34H,8-16H2,1-6H3,(H,35,36)/t18-,19+,20+,21+,22+,23-,26+,27-,28+,29+,30-/m0/s1. The lowest BCUT2D eigenvalue weighted by molar-refractivity contribution is -0.273. The summed E-state index contributed by atoms with van der Waals surface area (Å²) in [6.45, 7) is 12.8. The quantitative estimate of drug-likeness (QED) is 0.361. The summed E-state index contributed by atoms with van der Waals surface area (Å²) < 4.78 is 0. The van der Waals surface area contributed by atoms with Crippen LogP contribution in [-0.2, 0) is 4.79 Å². The van der Waals surface area contributed by atoms with Crippen molar-refractivity contribution in [1.82, 2.24) is 0 Å². The number of rotatable bonds is 2. The monoisotopic (exact) mass is 504 g/mol. The zero-order chi connectivity index (χ0) is 26.7. The van der Waals surface area contributed by atoms with Gasteiger partial charge in [-0.05, 0) is 84.9 Å². The highest BCUT2D eigenvalue weighted by atomic mass is 16.4. The maximum absolute atomic E-state index is 12.8. The molecule has 5 rings (SSSR count). The Hall–Kier alpha value is -0.950. The van der Waals surface area contributed by atoms with Gasteiger partial charge >= 0.3 is 5.97 Å². The van der Waals surface area contributed by atoms with Gasteiger partial charge < -0.3 is 25.5 Å². The smallest absolute Gasteiger partial charge is 0.310 e. The van der Waals surface area contributed by atoms with Gasteiger partial charge in [0, 0.05) is 11.3 Å². The molecule has 5 N–H and O–H groups in total. The van der Waals surface area contributed by atoms with Crippen molar-refractivity contribution in [3.8, 4) is 0 Å². The summed E-state index contributed by atoms with van der Waals surface area (Å²) in [5, 5.41) is 54.6. The average Bonchev–Trinajstić information content (AvgIpc) is 2.77. The molecule has 204 valence electrons. The second kappa shape index (κ2) is 7.80. The Morgan fingerprint density at radius 2 is 1.56 bits per heavy atom. The molecule has 5 aliphatic carbocycles. The molecule has 5 aliphatic rings. The number of aliphatic hydroxyl groups is 4. The van der Waals surface area contributed by atoms with Crippen molar-refractivity contribution >= 4 is 5.97 Å². The topological polar surface area (TPSA) is 118 Å². The van der Waals surface area contributed by atoms with Crippen molar-refractivity contribution in [2.75, 3.05) is 6.61 Å². The zero-order valence-corrected chi connectivity index (χ0v) is 23.0. The molecule has 4 saturated carbocycles. The Morgan fingerprint density at radius 3 is 2.17 bits per heavy atom. The summed E-state index contributed by atoms with van der Waals surface area (Å²) in [4.78, 5) is 12.8. The number of carbonyl (C=O) groups is 1. The van der Waals surface area contributed by atoms with E-state index < -0.39 is 40.5 Å². The van der Waals surface area contributed by atoms with Crippen LogP contribution in [0.3, 0.4) is 0 Å². The fourth-order valence-electron chi connectivity index (χ4n) is 10.9. The Bertz CT molecular complexity index is 974. The summed E-state index contributed by atoms with van der Waals surface area (Å²) in [7, 11) is 0. The van der Waals surface area contributed by atoms with E-state index in [0.29, 0.717) is 19.3 Å². The van der Waals surface area contributed by atoms with E-state index >= 15 is 0 Å². The van der Waals surface area contributed by atoms with Crippen molar-refractivity contribution in [2.24, 2.45) is 50.2 Å². The maximum atomic E-state index is 12.8. The van der Waals surface area contributed by atoms with E-state index in [-0.39, 0.29) is 40.6 Å². The fourth-order valence-corrected chi connectivity index (χ4v) is 10.9. The summed E-state index contributed by atoms with van der Waals surface area (Å²) in [5.41, 5.74) is -1.32.